The molecule has 0 amide bonds. The lowest BCUT2D eigenvalue weighted by Gasteiger charge is -2.16. The molecule has 2 N–H and O–H groups in total. The van der Waals surface area contributed by atoms with Crippen LogP contribution in [0.4, 0.5) is 11.4 Å². The first-order chi connectivity index (χ1) is 9.99. The van der Waals surface area contributed by atoms with Gasteiger partial charge in [-0.05, 0) is 19.1 Å². The second kappa shape index (κ2) is 6.04. The van der Waals surface area contributed by atoms with Crippen molar-refractivity contribution in [2.75, 3.05) is 5.32 Å². The van der Waals surface area contributed by atoms with Gasteiger partial charge in [-0.3, -0.25) is 10.1 Å². The van der Waals surface area contributed by atoms with Gasteiger partial charge in [-0.2, -0.15) is 0 Å². The zero-order chi connectivity index (χ0) is 15.4. The van der Waals surface area contributed by atoms with Crippen LogP contribution >= 0.6 is 0 Å². The van der Waals surface area contributed by atoms with Crippen molar-refractivity contribution in [3.05, 3.63) is 52.6 Å². The molecule has 2 rings (SSSR count). The number of nitrogens with zero attached hydrogens (tertiary/aromatic N) is 3. The van der Waals surface area contributed by atoms with Crippen molar-refractivity contribution in [3.63, 3.8) is 0 Å². The zero-order valence-corrected chi connectivity index (χ0v) is 11.3. The molecule has 8 nitrogen and oxygen atoms in total. The third-order valence-corrected chi connectivity index (χ3v) is 2.89. The fourth-order valence-electron chi connectivity index (χ4n) is 2.05. The maximum absolute atomic E-state index is 11.1. The number of para-hydroxylation sites is 1. The molecule has 1 unspecified atom stereocenters. The number of aromatic nitrogens is 2. The minimum absolute atomic E-state index is 0.137. The van der Waals surface area contributed by atoms with E-state index in [4.69, 9.17) is 5.11 Å². The predicted octanol–water partition coefficient (Wildman–Crippen LogP) is 1.99. The quantitative estimate of drug-likeness (QED) is 0.621. The highest BCUT2D eigenvalue weighted by molar-refractivity contribution is 5.95. The molecular formula is C13H14N4O4. The molecule has 0 aliphatic carbocycles. The molecule has 110 valence electrons. The molecule has 0 saturated heterocycles. The Hall–Kier alpha value is -2.90. The summed E-state index contributed by atoms with van der Waals surface area (Å²) in [5.41, 5.74) is -0.574. The number of carboxylic acid groups (broad SMARTS) is 1. The summed E-state index contributed by atoms with van der Waals surface area (Å²) in [5, 5.41) is 23.1. The number of carbonyl (C=O) groups is 1. The topological polar surface area (TPSA) is 110 Å². The van der Waals surface area contributed by atoms with Gasteiger partial charge in [-0.1, -0.05) is 6.07 Å². The Morgan fingerprint density at radius 1 is 1.57 bits per heavy atom. The van der Waals surface area contributed by atoms with Crippen LogP contribution < -0.4 is 5.32 Å². The summed E-state index contributed by atoms with van der Waals surface area (Å²) in [5.74, 6) is -1.33. The average Bonchev–Trinajstić information content (AvgIpc) is 2.90. The lowest BCUT2D eigenvalue weighted by Crippen LogP contribution is -2.22. The number of benzene rings is 1. The van der Waals surface area contributed by atoms with E-state index >= 15 is 0 Å². The van der Waals surface area contributed by atoms with Crippen LogP contribution in [0.1, 0.15) is 17.3 Å². The van der Waals surface area contributed by atoms with Crippen LogP contribution in [0.25, 0.3) is 0 Å². The van der Waals surface area contributed by atoms with E-state index in [1.165, 1.54) is 18.2 Å². The summed E-state index contributed by atoms with van der Waals surface area (Å²) in [6, 6.07) is 4.05. The SMILES string of the molecule is CC(Cn1ccnc1)Nc1cccc(C(=O)O)c1[N+](=O)[O-]. The van der Waals surface area contributed by atoms with E-state index in [-0.39, 0.29) is 17.3 Å². The highest BCUT2D eigenvalue weighted by atomic mass is 16.6. The highest BCUT2D eigenvalue weighted by Gasteiger charge is 2.24. The van der Waals surface area contributed by atoms with Gasteiger partial charge in [0.15, 0.2) is 0 Å². The fraction of sp³-hybridized carbons (Fsp3) is 0.231. The largest absolute Gasteiger partial charge is 0.477 e. The molecule has 0 bridgehead atoms. The average molecular weight is 290 g/mol. The Morgan fingerprint density at radius 3 is 2.90 bits per heavy atom. The summed E-state index contributed by atoms with van der Waals surface area (Å²) >= 11 is 0. The fourth-order valence-corrected chi connectivity index (χ4v) is 2.05. The Morgan fingerprint density at radius 2 is 2.33 bits per heavy atom. The molecule has 1 atom stereocenters. The number of rotatable bonds is 6. The first-order valence-electron chi connectivity index (χ1n) is 6.22. The summed E-state index contributed by atoms with van der Waals surface area (Å²) in [6.07, 6.45) is 5.06. The molecule has 8 heteroatoms. The van der Waals surface area contributed by atoms with Crippen LogP contribution in [0.15, 0.2) is 36.9 Å². The van der Waals surface area contributed by atoms with Gasteiger partial charge in [0, 0.05) is 25.0 Å². The minimum atomic E-state index is -1.33. The van der Waals surface area contributed by atoms with Crippen LogP contribution in [0, 0.1) is 10.1 Å². The molecule has 0 aliphatic heterocycles. The third-order valence-electron chi connectivity index (χ3n) is 2.89. The van der Waals surface area contributed by atoms with E-state index in [9.17, 15) is 14.9 Å². The summed E-state index contributed by atoms with van der Waals surface area (Å²) in [6.45, 7) is 2.39. The van der Waals surface area contributed by atoms with Crippen molar-refractivity contribution in [1.29, 1.82) is 0 Å². The smallest absolute Gasteiger partial charge is 0.342 e. The molecule has 1 heterocycles. The molecule has 1 aromatic heterocycles. The van der Waals surface area contributed by atoms with Crippen LogP contribution in [-0.4, -0.2) is 31.6 Å². The van der Waals surface area contributed by atoms with Crippen LogP contribution in [0.3, 0.4) is 0 Å². The second-order valence-corrected chi connectivity index (χ2v) is 4.57. The van der Waals surface area contributed by atoms with E-state index in [0.717, 1.165) is 0 Å². The predicted molar refractivity (Wildman–Crippen MR) is 75.4 cm³/mol. The van der Waals surface area contributed by atoms with Gasteiger partial charge in [0.05, 0.1) is 11.3 Å². The number of imidazole rings is 1. The van der Waals surface area contributed by atoms with Crippen molar-refractivity contribution in [2.24, 2.45) is 0 Å². The monoisotopic (exact) mass is 290 g/mol. The maximum atomic E-state index is 11.1. The molecule has 2 aromatic rings. The Kier molecular flexibility index (Phi) is 4.17. The number of hydrogen-bond donors (Lipinski definition) is 2. The molecule has 0 saturated carbocycles. The van der Waals surface area contributed by atoms with Crippen molar-refractivity contribution in [1.82, 2.24) is 9.55 Å². The number of nitrogens with one attached hydrogen (secondary N) is 1. The molecule has 0 fully saturated rings. The van der Waals surface area contributed by atoms with Gasteiger partial charge in [0.1, 0.15) is 11.3 Å². The van der Waals surface area contributed by atoms with Gasteiger partial charge in [-0.15, -0.1) is 0 Å². The maximum Gasteiger partial charge on any atom is 0.342 e. The number of aromatic carboxylic acids is 1. The van der Waals surface area contributed by atoms with Crippen molar-refractivity contribution in [2.45, 2.75) is 19.5 Å². The van der Waals surface area contributed by atoms with Crippen LogP contribution in [-0.2, 0) is 6.54 Å². The standard InChI is InChI=1S/C13H14N4O4/c1-9(7-16-6-5-14-8-16)15-11-4-2-3-10(13(18)19)12(11)17(20)21/h2-6,8-9,15H,7H2,1H3,(H,18,19). The Balaban J connectivity index is 2.25. The van der Waals surface area contributed by atoms with Gasteiger partial charge < -0.3 is 15.0 Å². The molecule has 0 spiro atoms. The Labute approximate surface area is 120 Å². The Bertz CT molecular complexity index is 654. The summed E-state index contributed by atoms with van der Waals surface area (Å²) in [4.78, 5) is 25.4. The molecule has 21 heavy (non-hydrogen) atoms. The van der Waals surface area contributed by atoms with E-state index in [0.29, 0.717) is 6.54 Å². The lowest BCUT2D eigenvalue weighted by atomic mass is 10.1. The first-order valence-corrected chi connectivity index (χ1v) is 6.22. The van der Waals surface area contributed by atoms with Gasteiger partial charge in [0.2, 0.25) is 0 Å². The summed E-state index contributed by atoms with van der Waals surface area (Å²) < 4.78 is 1.82. The number of carboxylic acids is 1. The summed E-state index contributed by atoms with van der Waals surface area (Å²) in [7, 11) is 0. The van der Waals surface area contributed by atoms with E-state index < -0.39 is 16.6 Å². The normalized spacial score (nSPS) is 11.9. The minimum Gasteiger partial charge on any atom is -0.477 e. The second-order valence-electron chi connectivity index (χ2n) is 4.57. The van der Waals surface area contributed by atoms with Crippen molar-refractivity contribution >= 4 is 17.3 Å². The number of nitro groups is 1. The van der Waals surface area contributed by atoms with Gasteiger partial charge in [-0.25, -0.2) is 9.78 Å². The van der Waals surface area contributed by atoms with Crippen LogP contribution in [0.5, 0.6) is 0 Å². The number of anilines is 1. The van der Waals surface area contributed by atoms with E-state index in [1.807, 2.05) is 11.5 Å². The van der Waals surface area contributed by atoms with Crippen molar-refractivity contribution < 1.29 is 14.8 Å². The highest BCUT2D eigenvalue weighted by Crippen LogP contribution is 2.29. The first kappa shape index (κ1) is 14.5. The van der Waals surface area contributed by atoms with E-state index in [1.54, 1.807) is 18.7 Å². The third kappa shape index (κ3) is 3.35. The number of nitro benzene ring substituents is 1. The molecule has 1 aromatic carbocycles. The number of hydrogen-bond acceptors (Lipinski definition) is 5. The zero-order valence-electron chi connectivity index (χ0n) is 11.3. The molecular weight excluding hydrogens is 276 g/mol. The van der Waals surface area contributed by atoms with Crippen LogP contribution in [0.2, 0.25) is 0 Å². The molecule has 0 aliphatic rings. The van der Waals surface area contributed by atoms with Crippen molar-refractivity contribution in [3.8, 4) is 0 Å². The van der Waals surface area contributed by atoms with E-state index in [2.05, 4.69) is 10.3 Å². The van der Waals surface area contributed by atoms with Gasteiger partial charge >= 0.3 is 11.7 Å². The van der Waals surface area contributed by atoms with Gasteiger partial charge in [0.25, 0.3) is 0 Å². The molecule has 0 radical (unpaired) electrons. The lowest BCUT2D eigenvalue weighted by molar-refractivity contribution is -0.384.